The van der Waals surface area contributed by atoms with E-state index in [1.54, 1.807) is 6.07 Å². The van der Waals surface area contributed by atoms with Crippen LogP contribution in [0.4, 0.5) is 0 Å². The van der Waals surface area contributed by atoms with Crippen LogP contribution in [-0.4, -0.2) is 41.9 Å². The molecular formula is C20H30ClN3O3. The molecular weight excluding hydrogens is 366 g/mol. The number of fused-ring (bicyclic) bond motifs is 2. The maximum atomic E-state index is 12.8. The standard InChI is InChI=1S/C20H29N3O3.ClH/c21-18-13-2-1-3-14(18)11-16(10-13)19(24)22-17-4-7-23(8-5-17)20(25)15-6-9-26-12-15;/h6,9,12-14,16-18H,1-5,7-8,10-11,21H2,(H,22,24);1H. The lowest BCUT2D eigenvalue weighted by atomic mass is 9.65. The zero-order valence-corrected chi connectivity index (χ0v) is 16.5. The number of hydrogen-bond donors (Lipinski definition) is 2. The first-order valence-corrected chi connectivity index (χ1v) is 9.99. The van der Waals surface area contributed by atoms with Gasteiger partial charge in [0.05, 0.1) is 11.8 Å². The van der Waals surface area contributed by atoms with Crippen molar-refractivity contribution in [2.45, 2.75) is 57.0 Å². The highest BCUT2D eigenvalue weighted by molar-refractivity contribution is 5.93. The second-order valence-electron chi connectivity index (χ2n) is 8.28. The van der Waals surface area contributed by atoms with Crippen molar-refractivity contribution in [2.75, 3.05) is 13.1 Å². The van der Waals surface area contributed by atoms with E-state index in [9.17, 15) is 9.59 Å². The summed E-state index contributed by atoms with van der Waals surface area (Å²) in [6.45, 7) is 1.35. The molecule has 2 atom stereocenters. The number of hydrogen-bond acceptors (Lipinski definition) is 4. The summed E-state index contributed by atoms with van der Waals surface area (Å²) in [5.41, 5.74) is 6.93. The Morgan fingerprint density at radius 3 is 2.37 bits per heavy atom. The topological polar surface area (TPSA) is 88.6 Å². The molecule has 2 bridgehead atoms. The van der Waals surface area contributed by atoms with Crippen LogP contribution in [0, 0.1) is 17.8 Å². The van der Waals surface area contributed by atoms with E-state index >= 15 is 0 Å². The first kappa shape index (κ1) is 20.2. The molecule has 0 spiro atoms. The highest BCUT2D eigenvalue weighted by Crippen LogP contribution is 2.42. The average Bonchev–Trinajstić information content (AvgIpc) is 3.16. The van der Waals surface area contributed by atoms with E-state index in [0.29, 0.717) is 36.5 Å². The highest BCUT2D eigenvalue weighted by atomic mass is 35.5. The number of furan rings is 1. The molecule has 2 saturated carbocycles. The maximum absolute atomic E-state index is 12.8. The Bertz CT molecular complexity index is 629. The Kier molecular flexibility index (Phi) is 6.48. The average molecular weight is 396 g/mol. The zero-order chi connectivity index (χ0) is 18.1. The third-order valence-electron chi connectivity index (χ3n) is 6.68. The largest absolute Gasteiger partial charge is 0.472 e. The Hall–Kier alpha value is -1.53. The van der Waals surface area contributed by atoms with Gasteiger partial charge in [0, 0.05) is 31.1 Å². The van der Waals surface area contributed by atoms with Crippen LogP contribution in [0.5, 0.6) is 0 Å². The Balaban J connectivity index is 0.00000210. The predicted octanol–water partition coefficient (Wildman–Crippen LogP) is 2.58. The molecule has 3 aliphatic rings. The molecule has 2 unspecified atom stereocenters. The molecule has 3 N–H and O–H groups in total. The van der Waals surface area contributed by atoms with Gasteiger partial charge in [-0.1, -0.05) is 6.42 Å². The molecule has 3 fully saturated rings. The van der Waals surface area contributed by atoms with Gasteiger partial charge in [-0.2, -0.15) is 0 Å². The lowest BCUT2D eigenvalue weighted by molar-refractivity contribution is -0.128. The van der Waals surface area contributed by atoms with Crippen molar-refractivity contribution in [3.05, 3.63) is 24.2 Å². The number of carbonyl (C=O) groups is 2. The van der Waals surface area contributed by atoms with Gasteiger partial charge in [-0.15, -0.1) is 12.4 Å². The first-order chi connectivity index (χ1) is 12.6. The number of halogens is 1. The van der Waals surface area contributed by atoms with Gasteiger partial charge in [0.2, 0.25) is 5.91 Å². The molecule has 1 saturated heterocycles. The second-order valence-corrected chi connectivity index (χ2v) is 8.28. The summed E-state index contributed by atoms with van der Waals surface area (Å²) < 4.78 is 4.99. The highest BCUT2D eigenvalue weighted by Gasteiger charge is 2.41. The monoisotopic (exact) mass is 395 g/mol. The number of nitrogens with one attached hydrogen (secondary N) is 1. The lowest BCUT2D eigenvalue weighted by Gasteiger charge is -2.44. The normalized spacial score (nSPS) is 31.1. The van der Waals surface area contributed by atoms with Gasteiger partial charge in [0.1, 0.15) is 6.26 Å². The number of nitrogens with two attached hydrogens (primary N) is 1. The Labute approximate surface area is 166 Å². The van der Waals surface area contributed by atoms with E-state index in [4.69, 9.17) is 10.2 Å². The third-order valence-corrected chi connectivity index (χ3v) is 6.68. The van der Waals surface area contributed by atoms with E-state index in [-0.39, 0.29) is 36.2 Å². The fourth-order valence-electron chi connectivity index (χ4n) is 5.12. The molecule has 150 valence electrons. The van der Waals surface area contributed by atoms with Crippen molar-refractivity contribution in [3.8, 4) is 0 Å². The maximum Gasteiger partial charge on any atom is 0.257 e. The minimum Gasteiger partial charge on any atom is -0.472 e. The molecule has 27 heavy (non-hydrogen) atoms. The lowest BCUT2D eigenvalue weighted by Crippen LogP contribution is -2.52. The molecule has 1 aromatic heterocycles. The van der Waals surface area contributed by atoms with Crippen molar-refractivity contribution in [2.24, 2.45) is 23.5 Å². The Morgan fingerprint density at radius 2 is 1.78 bits per heavy atom. The molecule has 2 amide bonds. The van der Waals surface area contributed by atoms with Crippen molar-refractivity contribution in [3.63, 3.8) is 0 Å². The van der Waals surface area contributed by atoms with Crippen LogP contribution < -0.4 is 11.1 Å². The number of likely N-dealkylation sites (tertiary alicyclic amines) is 1. The summed E-state index contributed by atoms with van der Waals surface area (Å²) in [5.74, 6) is 1.38. The molecule has 0 aromatic carbocycles. The smallest absolute Gasteiger partial charge is 0.257 e. The minimum atomic E-state index is 0. The van der Waals surface area contributed by atoms with E-state index in [2.05, 4.69) is 5.32 Å². The Morgan fingerprint density at radius 1 is 1.11 bits per heavy atom. The van der Waals surface area contributed by atoms with Gasteiger partial charge in [-0.25, -0.2) is 0 Å². The fraction of sp³-hybridized carbons (Fsp3) is 0.700. The van der Waals surface area contributed by atoms with Gasteiger partial charge in [0.15, 0.2) is 0 Å². The number of carbonyl (C=O) groups excluding carboxylic acids is 2. The van der Waals surface area contributed by atoms with E-state index in [0.717, 1.165) is 25.7 Å². The quantitative estimate of drug-likeness (QED) is 0.823. The summed E-state index contributed by atoms with van der Waals surface area (Å²) in [5, 5.41) is 3.25. The molecule has 1 aromatic rings. The van der Waals surface area contributed by atoms with E-state index in [1.807, 2.05) is 4.90 Å². The van der Waals surface area contributed by atoms with Gasteiger partial charge in [0.25, 0.3) is 5.91 Å². The van der Waals surface area contributed by atoms with E-state index < -0.39 is 0 Å². The number of nitrogens with zero attached hydrogens (tertiary/aromatic N) is 1. The molecule has 2 aliphatic carbocycles. The molecule has 2 heterocycles. The summed E-state index contributed by atoms with van der Waals surface area (Å²) in [6, 6.07) is 2.16. The first-order valence-electron chi connectivity index (χ1n) is 9.99. The van der Waals surface area contributed by atoms with Crippen molar-refractivity contribution >= 4 is 24.2 Å². The van der Waals surface area contributed by atoms with Crippen LogP contribution >= 0.6 is 12.4 Å². The second kappa shape index (κ2) is 8.65. The van der Waals surface area contributed by atoms with Crippen molar-refractivity contribution in [1.82, 2.24) is 10.2 Å². The van der Waals surface area contributed by atoms with Crippen LogP contribution in [0.1, 0.15) is 55.3 Å². The van der Waals surface area contributed by atoms with Crippen molar-refractivity contribution in [1.29, 1.82) is 0 Å². The third kappa shape index (κ3) is 4.32. The summed E-state index contributed by atoms with van der Waals surface area (Å²) >= 11 is 0. The van der Waals surface area contributed by atoms with Crippen molar-refractivity contribution < 1.29 is 14.0 Å². The van der Waals surface area contributed by atoms with E-state index in [1.165, 1.54) is 31.8 Å². The van der Waals surface area contributed by atoms with Crippen LogP contribution in [-0.2, 0) is 4.79 Å². The molecule has 7 heteroatoms. The molecule has 1 aliphatic heterocycles. The minimum absolute atomic E-state index is 0. The van der Waals surface area contributed by atoms with Gasteiger partial charge >= 0.3 is 0 Å². The van der Waals surface area contributed by atoms with Crippen LogP contribution in [0.15, 0.2) is 23.0 Å². The summed E-state index contributed by atoms with van der Waals surface area (Å²) in [6.07, 6.45) is 10.1. The fourth-order valence-corrected chi connectivity index (χ4v) is 5.12. The zero-order valence-electron chi connectivity index (χ0n) is 15.6. The van der Waals surface area contributed by atoms with Crippen LogP contribution in [0.3, 0.4) is 0 Å². The SMILES string of the molecule is Cl.NC1C2CCCC1CC(C(=O)NC1CCN(C(=O)c3ccoc3)CC1)C2. The molecule has 0 radical (unpaired) electrons. The van der Waals surface area contributed by atoms with Gasteiger partial charge in [-0.3, -0.25) is 9.59 Å². The number of amides is 2. The summed E-state index contributed by atoms with van der Waals surface area (Å²) in [7, 11) is 0. The van der Waals surface area contributed by atoms with Crippen LogP contribution in [0.25, 0.3) is 0 Å². The van der Waals surface area contributed by atoms with Crippen LogP contribution in [0.2, 0.25) is 0 Å². The predicted molar refractivity (Wildman–Crippen MR) is 105 cm³/mol. The van der Waals surface area contributed by atoms with Gasteiger partial charge in [-0.05, 0) is 56.4 Å². The summed E-state index contributed by atoms with van der Waals surface area (Å²) in [4.78, 5) is 27.0. The number of rotatable bonds is 3. The van der Waals surface area contributed by atoms with Gasteiger partial charge < -0.3 is 20.4 Å². The number of piperidine rings is 1. The molecule has 6 nitrogen and oxygen atoms in total. The molecule has 4 rings (SSSR count).